The van der Waals surface area contributed by atoms with Crippen LogP contribution >= 0.6 is 0 Å². The van der Waals surface area contributed by atoms with E-state index in [1.165, 1.54) is 19.4 Å². The molecular formula is C19H28N2O3. The highest BCUT2D eigenvalue weighted by Crippen LogP contribution is 2.30. The Morgan fingerprint density at radius 1 is 1.08 bits per heavy atom. The Morgan fingerprint density at radius 3 is 2.42 bits per heavy atom. The fraction of sp³-hybridized carbons (Fsp3) is 0.632. The maximum atomic E-state index is 12.4. The Kier molecular flexibility index (Phi) is 5.61. The number of rotatable bonds is 7. The molecule has 2 aliphatic rings. The Labute approximate surface area is 144 Å². The summed E-state index contributed by atoms with van der Waals surface area (Å²) in [5.74, 6) is 2.63. The van der Waals surface area contributed by atoms with E-state index >= 15 is 0 Å². The van der Waals surface area contributed by atoms with Gasteiger partial charge >= 0.3 is 0 Å². The lowest BCUT2D eigenvalue weighted by molar-refractivity contribution is -0.132. The predicted octanol–water partition coefficient (Wildman–Crippen LogP) is 2.19. The molecule has 0 N–H and O–H groups in total. The van der Waals surface area contributed by atoms with Gasteiger partial charge in [0.15, 0.2) is 11.5 Å². The third kappa shape index (κ3) is 4.41. The molecule has 1 aliphatic heterocycles. The minimum absolute atomic E-state index is 0.260. The van der Waals surface area contributed by atoms with Crippen LogP contribution in [0.3, 0.4) is 0 Å². The Balaban J connectivity index is 1.45. The molecule has 1 aliphatic carbocycles. The topological polar surface area (TPSA) is 42.0 Å². The zero-order valence-corrected chi connectivity index (χ0v) is 14.8. The molecule has 5 heteroatoms. The van der Waals surface area contributed by atoms with Crippen molar-refractivity contribution in [3.05, 3.63) is 23.8 Å². The highest BCUT2D eigenvalue weighted by molar-refractivity contribution is 5.76. The molecule has 24 heavy (non-hydrogen) atoms. The first-order chi connectivity index (χ1) is 11.7. The van der Waals surface area contributed by atoms with Crippen molar-refractivity contribution in [1.82, 2.24) is 9.80 Å². The molecule has 1 saturated heterocycles. The van der Waals surface area contributed by atoms with E-state index in [1.54, 1.807) is 14.2 Å². The van der Waals surface area contributed by atoms with Crippen molar-refractivity contribution >= 4 is 5.91 Å². The van der Waals surface area contributed by atoms with Crippen LogP contribution in [0.5, 0.6) is 11.5 Å². The van der Waals surface area contributed by atoms with Crippen molar-refractivity contribution in [2.24, 2.45) is 5.92 Å². The van der Waals surface area contributed by atoms with Gasteiger partial charge in [0.05, 0.1) is 14.2 Å². The molecule has 1 saturated carbocycles. The average Bonchev–Trinajstić information content (AvgIpc) is 3.44. The normalized spacial score (nSPS) is 18.5. The van der Waals surface area contributed by atoms with Crippen LogP contribution in [0, 0.1) is 5.92 Å². The second-order valence-electron chi connectivity index (χ2n) is 6.81. The van der Waals surface area contributed by atoms with Gasteiger partial charge in [0.2, 0.25) is 5.91 Å². The van der Waals surface area contributed by atoms with Crippen LogP contribution in [0.25, 0.3) is 0 Å². The van der Waals surface area contributed by atoms with Crippen LogP contribution in [0.1, 0.15) is 24.8 Å². The minimum Gasteiger partial charge on any atom is -0.493 e. The van der Waals surface area contributed by atoms with E-state index in [-0.39, 0.29) is 5.91 Å². The second-order valence-corrected chi connectivity index (χ2v) is 6.81. The molecule has 2 fully saturated rings. The monoisotopic (exact) mass is 332 g/mol. The standard InChI is InChI=1S/C19H28N2O3/c1-23-17-7-5-15(13-18(17)24-2)6-8-19(22)21-11-9-20(10-12-21)14-16-3-4-16/h5,7,13,16H,3-4,6,8-12,14H2,1-2H3. The summed E-state index contributed by atoms with van der Waals surface area (Å²) < 4.78 is 10.6. The third-order valence-electron chi connectivity index (χ3n) is 5.01. The van der Waals surface area contributed by atoms with Gasteiger partial charge in [0.1, 0.15) is 0 Å². The smallest absolute Gasteiger partial charge is 0.222 e. The van der Waals surface area contributed by atoms with Gasteiger partial charge in [-0.2, -0.15) is 0 Å². The number of piperazine rings is 1. The zero-order chi connectivity index (χ0) is 16.9. The van der Waals surface area contributed by atoms with Crippen LogP contribution < -0.4 is 9.47 Å². The largest absolute Gasteiger partial charge is 0.493 e. The van der Waals surface area contributed by atoms with Gasteiger partial charge in [-0.15, -0.1) is 0 Å². The first-order valence-electron chi connectivity index (χ1n) is 8.90. The van der Waals surface area contributed by atoms with Crippen LogP contribution in [-0.4, -0.2) is 62.7 Å². The number of carbonyl (C=O) groups excluding carboxylic acids is 1. The van der Waals surface area contributed by atoms with Crippen molar-refractivity contribution in [1.29, 1.82) is 0 Å². The summed E-state index contributed by atoms with van der Waals surface area (Å²) in [4.78, 5) is 17.0. The number of aryl methyl sites for hydroxylation is 1. The lowest BCUT2D eigenvalue weighted by atomic mass is 10.1. The molecule has 0 bridgehead atoms. The number of hydrogen-bond donors (Lipinski definition) is 0. The summed E-state index contributed by atoms with van der Waals surface area (Å²) in [6, 6.07) is 5.86. The average molecular weight is 332 g/mol. The summed E-state index contributed by atoms with van der Waals surface area (Å²) in [6.07, 6.45) is 4.08. The molecule has 132 valence electrons. The van der Waals surface area contributed by atoms with Crippen molar-refractivity contribution < 1.29 is 14.3 Å². The van der Waals surface area contributed by atoms with E-state index in [1.807, 2.05) is 23.1 Å². The fourth-order valence-electron chi connectivity index (χ4n) is 3.29. The lowest BCUT2D eigenvalue weighted by Gasteiger charge is -2.34. The van der Waals surface area contributed by atoms with Gasteiger partial charge < -0.3 is 14.4 Å². The molecule has 1 amide bonds. The quantitative estimate of drug-likeness (QED) is 0.768. The first kappa shape index (κ1) is 17.1. The Bertz CT molecular complexity index is 564. The van der Waals surface area contributed by atoms with Crippen molar-refractivity contribution in [2.75, 3.05) is 46.9 Å². The van der Waals surface area contributed by atoms with Gasteiger partial charge in [-0.3, -0.25) is 9.69 Å². The molecule has 1 aromatic carbocycles. The summed E-state index contributed by atoms with van der Waals surface area (Å²) in [7, 11) is 3.26. The first-order valence-corrected chi connectivity index (χ1v) is 8.90. The maximum absolute atomic E-state index is 12.4. The molecule has 0 radical (unpaired) electrons. The summed E-state index contributed by atoms with van der Waals surface area (Å²) in [5, 5.41) is 0. The fourth-order valence-corrected chi connectivity index (χ4v) is 3.29. The molecule has 5 nitrogen and oxygen atoms in total. The third-order valence-corrected chi connectivity index (χ3v) is 5.01. The number of amides is 1. The van der Waals surface area contributed by atoms with E-state index in [0.29, 0.717) is 6.42 Å². The van der Waals surface area contributed by atoms with E-state index in [4.69, 9.17) is 9.47 Å². The van der Waals surface area contributed by atoms with E-state index in [9.17, 15) is 4.79 Å². The van der Waals surface area contributed by atoms with Crippen LogP contribution in [0.15, 0.2) is 18.2 Å². The highest BCUT2D eigenvalue weighted by Gasteiger charge is 2.27. The maximum Gasteiger partial charge on any atom is 0.222 e. The SMILES string of the molecule is COc1ccc(CCC(=O)N2CCN(CC3CC3)CC2)cc1OC. The number of nitrogens with zero attached hydrogens (tertiary/aromatic N) is 2. The zero-order valence-electron chi connectivity index (χ0n) is 14.8. The summed E-state index contributed by atoms with van der Waals surface area (Å²) in [6.45, 7) is 5.03. The van der Waals surface area contributed by atoms with E-state index in [0.717, 1.165) is 55.6 Å². The summed E-state index contributed by atoms with van der Waals surface area (Å²) >= 11 is 0. The number of carbonyl (C=O) groups is 1. The molecule has 3 rings (SSSR count). The lowest BCUT2D eigenvalue weighted by Crippen LogP contribution is -2.49. The Morgan fingerprint density at radius 2 is 1.79 bits per heavy atom. The molecule has 0 aromatic heterocycles. The van der Waals surface area contributed by atoms with Gasteiger partial charge in [-0.25, -0.2) is 0 Å². The van der Waals surface area contributed by atoms with Crippen LogP contribution in [0.2, 0.25) is 0 Å². The second kappa shape index (κ2) is 7.88. The highest BCUT2D eigenvalue weighted by atomic mass is 16.5. The van der Waals surface area contributed by atoms with E-state index < -0.39 is 0 Å². The molecule has 0 spiro atoms. The number of methoxy groups -OCH3 is 2. The number of benzene rings is 1. The molecule has 0 unspecified atom stereocenters. The summed E-state index contributed by atoms with van der Waals surface area (Å²) in [5.41, 5.74) is 1.10. The van der Waals surface area contributed by atoms with Gasteiger partial charge in [0.25, 0.3) is 0 Å². The molecule has 1 aromatic rings. The predicted molar refractivity (Wildman–Crippen MR) is 93.6 cm³/mol. The van der Waals surface area contributed by atoms with E-state index in [2.05, 4.69) is 4.90 Å². The van der Waals surface area contributed by atoms with Gasteiger partial charge in [-0.05, 0) is 42.9 Å². The van der Waals surface area contributed by atoms with Crippen LogP contribution in [0.4, 0.5) is 0 Å². The van der Waals surface area contributed by atoms with Crippen LogP contribution in [-0.2, 0) is 11.2 Å². The van der Waals surface area contributed by atoms with Crippen molar-refractivity contribution in [3.63, 3.8) is 0 Å². The van der Waals surface area contributed by atoms with Crippen molar-refractivity contribution in [3.8, 4) is 11.5 Å². The van der Waals surface area contributed by atoms with Crippen molar-refractivity contribution in [2.45, 2.75) is 25.7 Å². The number of hydrogen-bond acceptors (Lipinski definition) is 4. The molecule has 0 atom stereocenters. The van der Waals surface area contributed by atoms with Gasteiger partial charge in [-0.1, -0.05) is 6.07 Å². The van der Waals surface area contributed by atoms with Gasteiger partial charge in [0, 0.05) is 39.1 Å². The number of ether oxygens (including phenoxy) is 2. The molecular weight excluding hydrogens is 304 g/mol. The Hall–Kier alpha value is -1.75. The molecule has 1 heterocycles. The minimum atomic E-state index is 0.260.